The first-order valence-corrected chi connectivity index (χ1v) is 5.61. The summed E-state index contributed by atoms with van der Waals surface area (Å²) in [6.07, 6.45) is 1.55. The number of carbonyl (C=O) groups is 3. The fourth-order valence-electron chi connectivity index (χ4n) is 1.86. The second-order valence-electron chi connectivity index (χ2n) is 4.39. The summed E-state index contributed by atoms with van der Waals surface area (Å²) in [6.45, 7) is 5.98. The van der Waals surface area contributed by atoms with E-state index in [0.29, 0.717) is 5.92 Å². The van der Waals surface area contributed by atoms with Gasteiger partial charge >= 0.3 is 6.03 Å². The van der Waals surface area contributed by atoms with Crippen LogP contribution in [0.1, 0.15) is 40.0 Å². The van der Waals surface area contributed by atoms with Crippen molar-refractivity contribution in [2.45, 2.75) is 46.1 Å². The van der Waals surface area contributed by atoms with Gasteiger partial charge in [0.05, 0.1) is 0 Å². The van der Waals surface area contributed by atoms with Crippen LogP contribution in [-0.2, 0) is 9.59 Å². The van der Waals surface area contributed by atoms with Crippen molar-refractivity contribution in [3.05, 3.63) is 0 Å². The maximum absolute atomic E-state index is 11.6. The van der Waals surface area contributed by atoms with E-state index in [1.54, 1.807) is 0 Å². The van der Waals surface area contributed by atoms with E-state index in [-0.39, 0.29) is 12.5 Å². The van der Waals surface area contributed by atoms with Gasteiger partial charge < -0.3 is 0 Å². The second-order valence-corrected chi connectivity index (χ2v) is 4.39. The molecule has 1 aliphatic heterocycles. The lowest BCUT2D eigenvalue weighted by Gasteiger charge is -2.31. The Morgan fingerprint density at radius 2 is 1.94 bits per heavy atom. The Morgan fingerprint density at radius 1 is 1.31 bits per heavy atom. The minimum Gasteiger partial charge on any atom is -0.277 e. The Kier molecular flexibility index (Phi) is 4.04. The van der Waals surface area contributed by atoms with Gasteiger partial charge in [-0.25, -0.2) is 4.79 Å². The summed E-state index contributed by atoms with van der Waals surface area (Å²) in [4.78, 5) is 35.2. The third kappa shape index (κ3) is 2.81. The maximum atomic E-state index is 11.6. The van der Waals surface area contributed by atoms with Crippen molar-refractivity contribution in [3.8, 4) is 0 Å². The molecule has 0 aliphatic carbocycles. The standard InChI is InChI=1S/C11H18N2O3/c1-4-7(2)5-8(3)13-10(15)6-9(14)12-11(13)16/h7-8H,4-6H2,1-3H3,(H,12,14,16). The highest BCUT2D eigenvalue weighted by atomic mass is 16.2. The van der Waals surface area contributed by atoms with Gasteiger partial charge in [0, 0.05) is 6.04 Å². The molecule has 2 unspecified atom stereocenters. The van der Waals surface area contributed by atoms with E-state index >= 15 is 0 Å². The molecule has 0 spiro atoms. The smallest absolute Gasteiger partial charge is 0.277 e. The highest BCUT2D eigenvalue weighted by Gasteiger charge is 2.34. The Labute approximate surface area is 95.2 Å². The van der Waals surface area contributed by atoms with E-state index in [1.807, 2.05) is 6.92 Å². The third-order valence-electron chi connectivity index (χ3n) is 2.93. The molecule has 0 aromatic carbocycles. The van der Waals surface area contributed by atoms with Gasteiger partial charge in [-0.05, 0) is 19.3 Å². The first kappa shape index (κ1) is 12.7. The van der Waals surface area contributed by atoms with Crippen LogP contribution in [0.25, 0.3) is 0 Å². The van der Waals surface area contributed by atoms with Gasteiger partial charge in [-0.1, -0.05) is 20.3 Å². The van der Waals surface area contributed by atoms with Crippen LogP contribution in [0.5, 0.6) is 0 Å². The average Bonchev–Trinajstić information content (AvgIpc) is 2.15. The quantitative estimate of drug-likeness (QED) is 0.734. The zero-order chi connectivity index (χ0) is 12.3. The molecule has 5 nitrogen and oxygen atoms in total. The Morgan fingerprint density at radius 3 is 2.44 bits per heavy atom. The Balaban J connectivity index is 2.67. The molecule has 0 bridgehead atoms. The largest absolute Gasteiger partial charge is 0.331 e. The summed E-state index contributed by atoms with van der Waals surface area (Å²) in [5, 5.41) is 2.16. The summed E-state index contributed by atoms with van der Waals surface area (Å²) >= 11 is 0. The molecule has 16 heavy (non-hydrogen) atoms. The Bertz CT molecular complexity index is 294. The van der Waals surface area contributed by atoms with Gasteiger partial charge in [0.25, 0.3) is 0 Å². The topological polar surface area (TPSA) is 66.5 Å². The van der Waals surface area contributed by atoms with E-state index in [4.69, 9.17) is 0 Å². The molecule has 0 aromatic heterocycles. The predicted molar refractivity (Wildman–Crippen MR) is 58.5 cm³/mol. The third-order valence-corrected chi connectivity index (χ3v) is 2.93. The molecule has 1 fully saturated rings. The van der Waals surface area contributed by atoms with Crippen LogP contribution in [0.15, 0.2) is 0 Å². The van der Waals surface area contributed by atoms with Crippen molar-refractivity contribution in [1.82, 2.24) is 10.2 Å². The van der Waals surface area contributed by atoms with Crippen LogP contribution in [0.3, 0.4) is 0 Å². The van der Waals surface area contributed by atoms with E-state index in [0.717, 1.165) is 17.7 Å². The van der Waals surface area contributed by atoms with E-state index < -0.39 is 17.8 Å². The zero-order valence-corrected chi connectivity index (χ0v) is 9.95. The van der Waals surface area contributed by atoms with Gasteiger partial charge in [-0.15, -0.1) is 0 Å². The molecular weight excluding hydrogens is 208 g/mol. The lowest BCUT2D eigenvalue weighted by molar-refractivity contribution is -0.137. The SMILES string of the molecule is CCC(C)CC(C)N1C(=O)CC(=O)NC1=O. The monoisotopic (exact) mass is 226 g/mol. The molecule has 0 radical (unpaired) electrons. The van der Waals surface area contributed by atoms with Crippen molar-refractivity contribution in [2.75, 3.05) is 0 Å². The summed E-state index contributed by atoms with van der Waals surface area (Å²) in [5.41, 5.74) is 0. The van der Waals surface area contributed by atoms with Crippen molar-refractivity contribution in [2.24, 2.45) is 5.92 Å². The number of hydrogen-bond donors (Lipinski definition) is 1. The molecule has 2 atom stereocenters. The normalized spacial score (nSPS) is 20.7. The first-order chi connectivity index (χ1) is 7.45. The predicted octanol–water partition coefficient (Wildman–Crippen LogP) is 1.28. The average molecular weight is 226 g/mol. The van der Waals surface area contributed by atoms with Gasteiger partial charge in [-0.2, -0.15) is 0 Å². The number of carbonyl (C=O) groups excluding carboxylic acids is 3. The molecule has 1 rings (SSSR count). The van der Waals surface area contributed by atoms with Gasteiger partial charge in [-0.3, -0.25) is 19.8 Å². The van der Waals surface area contributed by atoms with Gasteiger partial charge in [0.2, 0.25) is 11.8 Å². The summed E-state index contributed by atoms with van der Waals surface area (Å²) in [5.74, 6) is -0.459. The van der Waals surface area contributed by atoms with E-state index in [2.05, 4.69) is 19.2 Å². The van der Waals surface area contributed by atoms with Crippen LogP contribution in [-0.4, -0.2) is 28.8 Å². The number of rotatable bonds is 4. The molecule has 0 aromatic rings. The molecule has 1 aliphatic rings. The molecule has 90 valence electrons. The first-order valence-electron chi connectivity index (χ1n) is 5.61. The van der Waals surface area contributed by atoms with Crippen molar-refractivity contribution >= 4 is 17.8 Å². The Hall–Kier alpha value is -1.39. The highest BCUT2D eigenvalue weighted by Crippen LogP contribution is 2.17. The number of nitrogens with one attached hydrogen (secondary N) is 1. The number of urea groups is 1. The van der Waals surface area contributed by atoms with Gasteiger partial charge in [0.1, 0.15) is 6.42 Å². The van der Waals surface area contributed by atoms with E-state index in [9.17, 15) is 14.4 Å². The van der Waals surface area contributed by atoms with Crippen LogP contribution >= 0.6 is 0 Å². The van der Waals surface area contributed by atoms with Crippen molar-refractivity contribution in [3.63, 3.8) is 0 Å². The van der Waals surface area contributed by atoms with E-state index in [1.165, 1.54) is 0 Å². The van der Waals surface area contributed by atoms with Gasteiger partial charge in [0.15, 0.2) is 0 Å². The minimum absolute atomic E-state index is 0.157. The molecule has 5 heteroatoms. The summed E-state index contributed by atoms with van der Waals surface area (Å²) in [7, 11) is 0. The molecule has 0 saturated carbocycles. The number of imide groups is 2. The number of amides is 4. The summed E-state index contributed by atoms with van der Waals surface area (Å²) in [6, 6.07) is -0.743. The second kappa shape index (κ2) is 5.09. The molecular formula is C11H18N2O3. The van der Waals surface area contributed by atoms with Crippen LogP contribution in [0.4, 0.5) is 4.79 Å². The number of hydrogen-bond acceptors (Lipinski definition) is 3. The summed E-state index contributed by atoms with van der Waals surface area (Å²) < 4.78 is 0. The fourth-order valence-corrected chi connectivity index (χ4v) is 1.86. The van der Waals surface area contributed by atoms with Crippen LogP contribution in [0.2, 0.25) is 0 Å². The molecule has 1 heterocycles. The lowest BCUT2D eigenvalue weighted by atomic mass is 9.99. The van der Waals surface area contributed by atoms with Crippen molar-refractivity contribution in [1.29, 1.82) is 0 Å². The number of nitrogens with zero attached hydrogens (tertiary/aromatic N) is 1. The number of barbiturate groups is 1. The van der Waals surface area contributed by atoms with Crippen LogP contribution in [0, 0.1) is 5.92 Å². The fraction of sp³-hybridized carbons (Fsp3) is 0.727. The molecule has 1 N–H and O–H groups in total. The van der Waals surface area contributed by atoms with Crippen molar-refractivity contribution < 1.29 is 14.4 Å². The maximum Gasteiger partial charge on any atom is 0.331 e. The highest BCUT2D eigenvalue weighted by molar-refractivity contribution is 6.14. The van der Waals surface area contributed by atoms with Crippen LogP contribution < -0.4 is 5.32 Å². The minimum atomic E-state index is -0.586. The molecule has 4 amide bonds. The zero-order valence-electron chi connectivity index (χ0n) is 9.95. The lowest BCUT2D eigenvalue weighted by Crippen LogP contribution is -2.56. The molecule has 1 saturated heterocycles.